The maximum Gasteiger partial charge on any atom is 0.324 e. The first kappa shape index (κ1) is 22.5. The maximum atomic E-state index is 14.0. The summed E-state index contributed by atoms with van der Waals surface area (Å²) < 4.78 is 1.65. The number of nitrogens with one attached hydrogen (secondary N) is 2. The minimum absolute atomic E-state index is 0.254. The Hall–Kier alpha value is -4.70. The van der Waals surface area contributed by atoms with Crippen molar-refractivity contribution in [1.82, 2.24) is 14.5 Å². The van der Waals surface area contributed by atoms with Crippen molar-refractivity contribution in [2.24, 2.45) is 4.99 Å². The Morgan fingerprint density at radius 1 is 0.789 bits per heavy atom. The molecule has 0 saturated carbocycles. The summed E-state index contributed by atoms with van der Waals surface area (Å²) in [6.07, 6.45) is 0. The Balaban J connectivity index is 1.62. The van der Waals surface area contributed by atoms with Gasteiger partial charge in [0.2, 0.25) is 16.1 Å². The molecule has 9 nitrogen and oxygen atoms in total. The lowest BCUT2D eigenvalue weighted by atomic mass is 9.80. The molecule has 10 heteroatoms. The molecule has 1 aromatic heterocycles. The first-order valence-corrected chi connectivity index (χ1v) is 12.9. The zero-order valence-electron chi connectivity index (χ0n) is 20.5. The van der Waals surface area contributed by atoms with E-state index in [1.165, 1.54) is 4.68 Å². The highest BCUT2D eigenvalue weighted by Crippen LogP contribution is 2.53. The van der Waals surface area contributed by atoms with Gasteiger partial charge in [0.25, 0.3) is 11.5 Å². The zero-order chi connectivity index (χ0) is 26.2. The van der Waals surface area contributed by atoms with Crippen LogP contribution < -0.4 is 25.6 Å². The second-order valence-electron chi connectivity index (χ2n) is 9.47. The average molecular weight is 523 g/mol. The zero-order valence-corrected chi connectivity index (χ0v) is 21.3. The van der Waals surface area contributed by atoms with Gasteiger partial charge in [0.1, 0.15) is 4.53 Å². The molecule has 3 amide bonds. The molecule has 1 fully saturated rings. The summed E-state index contributed by atoms with van der Waals surface area (Å²) in [7, 11) is 3.43. The smallest absolute Gasteiger partial charge is 0.321 e. The molecular formula is C28H22N6O3S. The number of hydrogen-bond acceptors (Lipinski definition) is 6. The summed E-state index contributed by atoms with van der Waals surface area (Å²) in [4.78, 5) is 49.4. The lowest BCUT2D eigenvalue weighted by Crippen LogP contribution is -2.67. The van der Waals surface area contributed by atoms with Crippen molar-refractivity contribution in [2.75, 3.05) is 24.8 Å². The number of thiazole rings is 1. The maximum absolute atomic E-state index is 14.0. The van der Waals surface area contributed by atoms with Crippen LogP contribution in [0.3, 0.4) is 0 Å². The molecule has 0 spiro atoms. The predicted octanol–water partition coefficient (Wildman–Crippen LogP) is 1.94. The van der Waals surface area contributed by atoms with Crippen LogP contribution in [-0.2, 0) is 16.1 Å². The van der Waals surface area contributed by atoms with E-state index in [0.717, 1.165) is 22.5 Å². The third-order valence-electron chi connectivity index (χ3n) is 7.65. The molecule has 7 rings (SSSR count). The fourth-order valence-electron chi connectivity index (χ4n) is 5.91. The van der Waals surface area contributed by atoms with E-state index in [1.807, 2.05) is 84.9 Å². The van der Waals surface area contributed by atoms with Gasteiger partial charge >= 0.3 is 6.03 Å². The van der Waals surface area contributed by atoms with Crippen LogP contribution in [0.1, 0.15) is 16.7 Å². The molecule has 0 unspecified atom stereocenters. The van der Waals surface area contributed by atoms with E-state index in [9.17, 15) is 14.4 Å². The van der Waals surface area contributed by atoms with Gasteiger partial charge in [0.05, 0.1) is 5.57 Å². The van der Waals surface area contributed by atoms with Crippen LogP contribution in [0.2, 0.25) is 0 Å². The Morgan fingerprint density at radius 3 is 2.13 bits per heavy atom. The fraction of sp³-hybridized carbons (Fsp3) is 0.143. The van der Waals surface area contributed by atoms with E-state index in [0.29, 0.717) is 21.6 Å². The molecule has 0 bridgehead atoms. The van der Waals surface area contributed by atoms with Crippen LogP contribution in [-0.4, -0.2) is 40.5 Å². The number of aromatic nitrogens is 1. The number of fused-ring (bicyclic) bond motifs is 3. The van der Waals surface area contributed by atoms with Crippen molar-refractivity contribution in [3.63, 3.8) is 0 Å². The Morgan fingerprint density at radius 2 is 1.42 bits per heavy atom. The molecule has 0 radical (unpaired) electrons. The van der Waals surface area contributed by atoms with E-state index < -0.39 is 16.9 Å². The second kappa shape index (κ2) is 7.65. The van der Waals surface area contributed by atoms with E-state index in [4.69, 9.17) is 4.99 Å². The van der Waals surface area contributed by atoms with Gasteiger partial charge in [-0.15, -0.1) is 0 Å². The van der Waals surface area contributed by atoms with Crippen molar-refractivity contribution < 1.29 is 9.59 Å². The van der Waals surface area contributed by atoms with Gasteiger partial charge in [0.15, 0.2) is 0 Å². The van der Waals surface area contributed by atoms with Gasteiger partial charge in [-0.1, -0.05) is 90.2 Å². The molecule has 4 heterocycles. The standard InChI is InChI=1S/C28H22N6O3S/c1-32-26(37)33(2)28(18-13-7-4-8-14-18)27(32,17-11-5-3-6-12-17)30-25-34(31-28)24(36)22(38-25)21-19-15-9-10-16-20(19)29-23(21)35/h3-16,31H,1-2H3,(H,29,35)/b22-21-/t27-,28-/m0/s1. The summed E-state index contributed by atoms with van der Waals surface area (Å²) >= 11 is 1.13. The second-order valence-corrected chi connectivity index (χ2v) is 10.4. The minimum Gasteiger partial charge on any atom is -0.321 e. The number of rotatable bonds is 2. The van der Waals surface area contributed by atoms with Gasteiger partial charge in [-0.05, 0) is 6.07 Å². The van der Waals surface area contributed by atoms with Gasteiger partial charge in [-0.3, -0.25) is 24.8 Å². The lowest BCUT2D eigenvalue weighted by Gasteiger charge is -2.49. The molecule has 4 aromatic rings. The SMILES string of the molecule is CN1C(=O)N(C)[C@]2(c3ccccc3)Nn3c(s/c(=C4\C(=O)Nc5ccccc54)c3=O)=N[C@@]12c1ccccc1. The van der Waals surface area contributed by atoms with E-state index in [2.05, 4.69) is 10.7 Å². The number of benzene rings is 3. The van der Waals surface area contributed by atoms with Gasteiger partial charge in [-0.2, -0.15) is 4.68 Å². The quantitative estimate of drug-likeness (QED) is 0.420. The summed E-state index contributed by atoms with van der Waals surface area (Å²) in [6.45, 7) is 0. The van der Waals surface area contributed by atoms with Crippen LogP contribution in [0.4, 0.5) is 10.5 Å². The molecule has 188 valence electrons. The van der Waals surface area contributed by atoms with Crippen molar-refractivity contribution in [2.45, 2.75) is 11.3 Å². The first-order chi connectivity index (χ1) is 18.4. The normalized spacial score (nSPS) is 24.8. The number of urea groups is 1. The molecule has 3 aliphatic rings. The number of carbonyl (C=O) groups is 2. The van der Waals surface area contributed by atoms with Crippen LogP contribution >= 0.6 is 11.3 Å². The third kappa shape index (κ3) is 2.59. The predicted molar refractivity (Wildman–Crippen MR) is 143 cm³/mol. The highest BCUT2D eigenvalue weighted by molar-refractivity contribution is 7.07. The van der Waals surface area contributed by atoms with E-state index >= 15 is 0 Å². The van der Waals surface area contributed by atoms with Gasteiger partial charge in [0, 0.05) is 36.5 Å². The molecule has 38 heavy (non-hydrogen) atoms. The Labute approximate surface area is 220 Å². The van der Waals surface area contributed by atoms with Crippen molar-refractivity contribution in [3.8, 4) is 0 Å². The number of anilines is 1. The molecular weight excluding hydrogens is 500 g/mol. The molecule has 0 aliphatic carbocycles. The number of para-hydroxylation sites is 1. The molecule has 1 saturated heterocycles. The van der Waals surface area contributed by atoms with Gasteiger partial charge < -0.3 is 5.32 Å². The number of amides is 3. The Bertz CT molecular complexity index is 1830. The lowest BCUT2D eigenvalue weighted by molar-refractivity contribution is -0.110. The monoisotopic (exact) mass is 522 g/mol. The molecule has 3 aliphatic heterocycles. The number of hydrogen-bond donors (Lipinski definition) is 2. The average Bonchev–Trinajstić information content (AvgIpc) is 3.50. The van der Waals surface area contributed by atoms with E-state index in [-0.39, 0.29) is 16.5 Å². The fourth-order valence-corrected chi connectivity index (χ4v) is 6.97. The van der Waals surface area contributed by atoms with Crippen LogP contribution in [0.15, 0.2) is 94.7 Å². The minimum atomic E-state index is -1.27. The molecule has 3 aromatic carbocycles. The highest BCUT2D eigenvalue weighted by Gasteiger charge is 2.69. The van der Waals surface area contributed by atoms with Crippen LogP contribution in [0, 0.1) is 0 Å². The van der Waals surface area contributed by atoms with E-state index in [1.54, 1.807) is 23.9 Å². The van der Waals surface area contributed by atoms with Crippen molar-refractivity contribution >= 4 is 34.5 Å². The first-order valence-electron chi connectivity index (χ1n) is 12.1. The topological polar surface area (TPSA) is 99.0 Å². The number of carbonyl (C=O) groups excluding carboxylic acids is 2. The summed E-state index contributed by atoms with van der Waals surface area (Å²) in [5.41, 5.74) is 3.70. The number of likely N-dealkylation sites (N-methyl/N-ethyl adjacent to an activating group) is 2. The van der Waals surface area contributed by atoms with Crippen molar-refractivity contribution in [1.29, 1.82) is 0 Å². The molecule has 2 atom stereocenters. The number of nitrogens with zero attached hydrogens (tertiary/aromatic N) is 4. The highest BCUT2D eigenvalue weighted by atomic mass is 32.1. The summed E-state index contributed by atoms with van der Waals surface area (Å²) in [5.74, 6) is -0.331. The summed E-state index contributed by atoms with van der Waals surface area (Å²) in [5, 5.41) is 2.85. The van der Waals surface area contributed by atoms with Crippen molar-refractivity contribution in [3.05, 3.63) is 121 Å². The molecule has 2 N–H and O–H groups in total. The third-order valence-corrected chi connectivity index (χ3v) is 8.69. The van der Waals surface area contributed by atoms with Crippen LogP contribution in [0.5, 0.6) is 0 Å². The summed E-state index contributed by atoms with van der Waals surface area (Å²) in [6, 6.07) is 26.2. The van der Waals surface area contributed by atoms with Crippen LogP contribution in [0.25, 0.3) is 5.57 Å². The Kier molecular flexibility index (Phi) is 4.53. The largest absolute Gasteiger partial charge is 0.324 e. The van der Waals surface area contributed by atoms with Gasteiger partial charge in [-0.25, -0.2) is 9.79 Å².